The predicted octanol–water partition coefficient (Wildman–Crippen LogP) is 1.64. The molecule has 3 rings (SSSR count). The minimum Gasteiger partial charge on any atom is -0.309 e. The second kappa shape index (κ2) is 3.72. The molecule has 2 aromatic rings. The van der Waals surface area contributed by atoms with Crippen molar-refractivity contribution in [3.05, 3.63) is 35.2 Å². The number of fused-ring (bicyclic) bond motifs is 1. The van der Waals surface area contributed by atoms with Crippen molar-refractivity contribution < 1.29 is 0 Å². The van der Waals surface area contributed by atoms with E-state index >= 15 is 0 Å². The molecule has 0 spiro atoms. The van der Waals surface area contributed by atoms with Crippen LogP contribution in [0, 0.1) is 0 Å². The van der Waals surface area contributed by atoms with Crippen LogP contribution in [0.4, 0.5) is 0 Å². The maximum atomic E-state index is 4.44. The van der Waals surface area contributed by atoms with Gasteiger partial charge in [-0.3, -0.25) is 5.10 Å². The molecule has 0 saturated heterocycles. The molecular formula is C12H14N4. The van der Waals surface area contributed by atoms with E-state index < -0.39 is 0 Å². The van der Waals surface area contributed by atoms with E-state index in [0.29, 0.717) is 0 Å². The van der Waals surface area contributed by atoms with Crippen molar-refractivity contribution in [3.63, 3.8) is 0 Å². The van der Waals surface area contributed by atoms with Crippen LogP contribution in [0.25, 0.3) is 11.4 Å². The van der Waals surface area contributed by atoms with Crippen molar-refractivity contribution in [2.24, 2.45) is 0 Å². The molecule has 0 unspecified atom stereocenters. The van der Waals surface area contributed by atoms with Gasteiger partial charge in [0.25, 0.3) is 0 Å². The third kappa shape index (κ3) is 1.51. The number of hydrogen-bond acceptors (Lipinski definition) is 3. The summed E-state index contributed by atoms with van der Waals surface area (Å²) in [6, 6.07) is 6.43. The third-order valence-electron chi connectivity index (χ3n) is 2.96. The Morgan fingerprint density at radius 3 is 2.94 bits per heavy atom. The molecule has 2 N–H and O–H groups in total. The van der Waals surface area contributed by atoms with E-state index in [-0.39, 0.29) is 0 Å². The predicted molar refractivity (Wildman–Crippen MR) is 61.7 cm³/mol. The molecule has 4 heteroatoms. The standard InChI is InChI=1S/C12H14N4/c1-2-11-14-12(16-15-11)8-3-4-9-6-13-7-10(9)5-8/h3-5,13H,2,6-7H2,1H3,(H,14,15,16). The number of nitrogens with zero attached hydrogens (tertiary/aromatic N) is 2. The Bertz CT molecular complexity index is 515. The van der Waals surface area contributed by atoms with Crippen LogP contribution in [0.2, 0.25) is 0 Å². The smallest absolute Gasteiger partial charge is 0.181 e. The largest absolute Gasteiger partial charge is 0.309 e. The molecule has 2 heterocycles. The third-order valence-corrected chi connectivity index (χ3v) is 2.96. The minimum atomic E-state index is 0.798. The number of benzene rings is 1. The molecule has 0 amide bonds. The highest BCUT2D eigenvalue weighted by molar-refractivity contribution is 5.57. The fourth-order valence-electron chi connectivity index (χ4n) is 2.02. The first-order valence-corrected chi connectivity index (χ1v) is 5.61. The first-order chi connectivity index (χ1) is 7.86. The average Bonchev–Trinajstić information content (AvgIpc) is 2.96. The zero-order chi connectivity index (χ0) is 11.0. The second-order valence-corrected chi connectivity index (χ2v) is 4.05. The van der Waals surface area contributed by atoms with Gasteiger partial charge in [0.05, 0.1) is 0 Å². The molecule has 1 aliphatic rings. The zero-order valence-electron chi connectivity index (χ0n) is 9.25. The molecule has 1 aromatic carbocycles. The summed E-state index contributed by atoms with van der Waals surface area (Å²) in [5, 5.41) is 10.5. The van der Waals surface area contributed by atoms with Gasteiger partial charge >= 0.3 is 0 Å². The number of H-pyrrole nitrogens is 1. The van der Waals surface area contributed by atoms with Crippen LogP contribution in [-0.2, 0) is 19.5 Å². The van der Waals surface area contributed by atoms with E-state index in [1.54, 1.807) is 0 Å². The van der Waals surface area contributed by atoms with E-state index in [0.717, 1.165) is 36.7 Å². The summed E-state index contributed by atoms with van der Waals surface area (Å²) in [6.45, 7) is 3.99. The lowest BCUT2D eigenvalue weighted by Crippen LogP contribution is -1.99. The van der Waals surface area contributed by atoms with Crippen LogP contribution in [-0.4, -0.2) is 15.2 Å². The number of rotatable bonds is 2. The van der Waals surface area contributed by atoms with Crippen molar-refractivity contribution in [2.75, 3.05) is 0 Å². The summed E-state index contributed by atoms with van der Waals surface area (Å²) >= 11 is 0. The monoisotopic (exact) mass is 214 g/mol. The topological polar surface area (TPSA) is 53.6 Å². The first-order valence-electron chi connectivity index (χ1n) is 5.61. The van der Waals surface area contributed by atoms with Gasteiger partial charge in [0.15, 0.2) is 5.82 Å². The lowest BCUT2D eigenvalue weighted by atomic mass is 10.1. The summed E-state index contributed by atoms with van der Waals surface area (Å²) in [7, 11) is 0. The van der Waals surface area contributed by atoms with Crippen molar-refractivity contribution in [1.82, 2.24) is 20.5 Å². The Labute approximate surface area is 94.1 Å². The highest BCUT2D eigenvalue weighted by Crippen LogP contribution is 2.22. The van der Waals surface area contributed by atoms with Gasteiger partial charge in [0.1, 0.15) is 5.82 Å². The van der Waals surface area contributed by atoms with Crippen LogP contribution in [0.15, 0.2) is 18.2 Å². The Morgan fingerprint density at radius 2 is 2.12 bits per heavy atom. The molecule has 0 fully saturated rings. The molecule has 1 aliphatic heterocycles. The van der Waals surface area contributed by atoms with Gasteiger partial charge in [-0.05, 0) is 17.2 Å². The van der Waals surface area contributed by atoms with Gasteiger partial charge in [-0.1, -0.05) is 19.1 Å². The number of aromatic amines is 1. The van der Waals surface area contributed by atoms with Gasteiger partial charge < -0.3 is 5.32 Å². The van der Waals surface area contributed by atoms with E-state index in [9.17, 15) is 0 Å². The fraction of sp³-hybridized carbons (Fsp3) is 0.333. The maximum absolute atomic E-state index is 4.44. The van der Waals surface area contributed by atoms with E-state index in [1.807, 2.05) is 0 Å². The number of nitrogens with one attached hydrogen (secondary N) is 2. The lowest BCUT2D eigenvalue weighted by molar-refractivity contribution is 0.765. The highest BCUT2D eigenvalue weighted by Gasteiger charge is 2.12. The van der Waals surface area contributed by atoms with Crippen molar-refractivity contribution in [3.8, 4) is 11.4 Å². The van der Waals surface area contributed by atoms with Crippen molar-refractivity contribution in [1.29, 1.82) is 0 Å². The van der Waals surface area contributed by atoms with Crippen LogP contribution < -0.4 is 5.32 Å². The van der Waals surface area contributed by atoms with Gasteiger partial charge in [-0.15, -0.1) is 0 Å². The Morgan fingerprint density at radius 1 is 1.25 bits per heavy atom. The molecule has 1 aromatic heterocycles. The minimum absolute atomic E-state index is 0.798. The van der Waals surface area contributed by atoms with Crippen LogP contribution in [0.5, 0.6) is 0 Å². The van der Waals surface area contributed by atoms with Gasteiger partial charge in [0.2, 0.25) is 0 Å². The summed E-state index contributed by atoms with van der Waals surface area (Å²) in [5.41, 5.74) is 3.84. The maximum Gasteiger partial charge on any atom is 0.181 e. The molecule has 82 valence electrons. The molecule has 0 bridgehead atoms. The van der Waals surface area contributed by atoms with Crippen LogP contribution in [0.1, 0.15) is 23.9 Å². The fourth-order valence-corrected chi connectivity index (χ4v) is 2.02. The SMILES string of the molecule is CCc1nc(-c2ccc3c(c2)CNC3)n[nH]1. The second-order valence-electron chi connectivity index (χ2n) is 4.05. The zero-order valence-corrected chi connectivity index (χ0v) is 9.25. The van der Waals surface area contributed by atoms with Crippen molar-refractivity contribution >= 4 is 0 Å². The normalized spacial score (nSPS) is 14.1. The first kappa shape index (κ1) is 9.54. The Hall–Kier alpha value is -1.68. The number of aromatic nitrogens is 3. The molecule has 0 aliphatic carbocycles. The molecule has 0 radical (unpaired) electrons. The summed E-state index contributed by atoms with van der Waals surface area (Å²) in [6.07, 6.45) is 0.888. The number of hydrogen-bond donors (Lipinski definition) is 2. The average molecular weight is 214 g/mol. The van der Waals surface area contributed by atoms with Gasteiger partial charge in [-0.25, -0.2) is 4.98 Å². The van der Waals surface area contributed by atoms with E-state index in [2.05, 4.69) is 45.6 Å². The Balaban J connectivity index is 2.00. The Kier molecular flexibility index (Phi) is 2.22. The molecule has 4 nitrogen and oxygen atoms in total. The molecule has 16 heavy (non-hydrogen) atoms. The van der Waals surface area contributed by atoms with Crippen LogP contribution >= 0.6 is 0 Å². The summed E-state index contributed by atoms with van der Waals surface area (Å²) in [4.78, 5) is 4.44. The van der Waals surface area contributed by atoms with Crippen molar-refractivity contribution in [2.45, 2.75) is 26.4 Å². The van der Waals surface area contributed by atoms with Gasteiger partial charge in [0, 0.05) is 25.1 Å². The molecule has 0 atom stereocenters. The summed E-state index contributed by atoms with van der Waals surface area (Å²) in [5.74, 6) is 1.74. The molecular weight excluding hydrogens is 200 g/mol. The van der Waals surface area contributed by atoms with E-state index in [4.69, 9.17) is 0 Å². The summed E-state index contributed by atoms with van der Waals surface area (Å²) < 4.78 is 0. The lowest BCUT2D eigenvalue weighted by Gasteiger charge is -1.99. The van der Waals surface area contributed by atoms with E-state index in [1.165, 1.54) is 11.1 Å². The molecule has 0 saturated carbocycles. The highest BCUT2D eigenvalue weighted by atomic mass is 15.2. The quantitative estimate of drug-likeness (QED) is 0.799. The number of aryl methyl sites for hydroxylation is 1. The van der Waals surface area contributed by atoms with Crippen LogP contribution in [0.3, 0.4) is 0 Å². The van der Waals surface area contributed by atoms with Gasteiger partial charge in [-0.2, -0.15) is 5.10 Å².